The van der Waals surface area contributed by atoms with Gasteiger partial charge in [-0.05, 0) is 105 Å². The van der Waals surface area contributed by atoms with Crippen LogP contribution in [0.2, 0.25) is 0 Å². The Hall–Kier alpha value is -2.95. The zero-order valence-electron chi connectivity index (χ0n) is 21.8. The summed E-state index contributed by atoms with van der Waals surface area (Å²) in [6.45, 7) is 7.99. The molecule has 0 aliphatic carbocycles. The second-order valence-electron chi connectivity index (χ2n) is 9.05. The van der Waals surface area contributed by atoms with Gasteiger partial charge in [0, 0.05) is 15.8 Å². The third kappa shape index (κ3) is 8.28. The van der Waals surface area contributed by atoms with Crippen molar-refractivity contribution >= 4 is 60.6 Å². The van der Waals surface area contributed by atoms with Gasteiger partial charge in [-0.1, -0.05) is 41.8 Å². The molecule has 3 rings (SSSR count). The van der Waals surface area contributed by atoms with E-state index in [1.807, 2.05) is 32.9 Å². The zero-order valence-corrected chi connectivity index (χ0v) is 25.0. The number of carbonyl (C=O) groups excluding carboxylic acids is 1. The second-order valence-corrected chi connectivity index (χ2v) is 12.1. The standard InChI is InChI=1S/C28H32BrN3O4S2/c1-5-6-7-20(4)36-26-15-9-21(29)17-25(26)27(33)31-28(37)30-22-11-13-24(14-12-22)38(34,35)32-23-10-8-18(2)19(3)16-23/h8-17,20,32H,5-7H2,1-4H3,(H2,30,31,33,37). The van der Waals surface area contributed by atoms with Crippen LogP contribution in [0.4, 0.5) is 11.4 Å². The minimum Gasteiger partial charge on any atom is -0.490 e. The number of aryl methyl sites for hydroxylation is 2. The van der Waals surface area contributed by atoms with Gasteiger partial charge in [0.05, 0.1) is 16.6 Å². The van der Waals surface area contributed by atoms with Gasteiger partial charge in [0.2, 0.25) is 0 Å². The molecule has 3 aromatic carbocycles. The van der Waals surface area contributed by atoms with Crippen LogP contribution >= 0.6 is 28.1 Å². The van der Waals surface area contributed by atoms with Crippen molar-refractivity contribution in [3.63, 3.8) is 0 Å². The molecule has 0 heterocycles. The number of unbranched alkanes of at least 4 members (excludes halogenated alkanes) is 1. The Morgan fingerprint density at radius 1 is 1.00 bits per heavy atom. The van der Waals surface area contributed by atoms with Gasteiger partial charge in [-0.25, -0.2) is 8.42 Å². The van der Waals surface area contributed by atoms with Crippen molar-refractivity contribution in [2.75, 3.05) is 10.0 Å². The Morgan fingerprint density at radius 3 is 2.34 bits per heavy atom. The molecule has 3 N–H and O–H groups in total. The van der Waals surface area contributed by atoms with E-state index >= 15 is 0 Å². The van der Waals surface area contributed by atoms with E-state index in [4.69, 9.17) is 17.0 Å². The number of carbonyl (C=O) groups is 1. The smallest absolute Gasteiger partial charge is 0.261 e. The highest BCUT2D eigenvalue weighted by Gasteiger charge is 2.18. The van der Waals surface area contributed by atoms with Crippen molar-refractivity contribution in [1.29, 1.82) is 0 Å². The quantitative estimate of drug-likeness (QED) is 0.213. The number of hydrogen-bond donors (Lipinski definition) is 3. The van der Waals surface area contributed by atoms with E-state index in [1.165, 1.54) is 12.1 Å². The van der Waals surface area contributed by atoms with Gasteiger partial charge in [0.15, 0.2) is 5.11 Å². The summed E-state index contributed by atoms with van der Waals surface area (Å²) in [5.74, 6) is 0.0567. The largest absolute Gasteiger partial charge is 0.490 e. The lowest BCUT2D eigenvalue weighted by Crippen LogP contribution is -2.34. The highest BCUT2D eigenvalue weighted by Crippen LogP contribution is 2.25. The molecule has 1 atom stereocenters. The normalized spacial score (nSPS) is 11.9. The minimum absolute atomic E-state index is 0.0351. The molecule has 0 aliphatic heterocycles. The Morgan fingerprint density at radius 2 is 1.68 bits per heavy atom. The predicted molar refractivity (Wildman–Crippen MR) is 161 cm³/mol. The number of benzene rings is 3. The Labute approximate surface area is 238 Å². The van der Waals surface area contributed by atoms with E-state index in [0.29, 0.717) is 22.7 Å². The van der Waals surface area contributed by atoms with Crippen LogP contribution in [0.25, 0.3) is 0 Å². The summed E-state index contributed by atoms with van der Waals surface area (Å²) >= 11 is 8.73. The molecule has 0 radical (unpaired) electrons. The number of ether oxygens (including phenoxy) is 1. The molecule has 0 fully saturated rings. The van der Waals surface area contributed by atoms with E-state index in [-0.39, 0.29) is 16.1 Å². The molecule has 0 aliphatic rings. The van der Waals surface area contributed by atoms with Crippen LogP contribution in [-0.4, -0.2) is 25.5 Å². The minimum atomic E-state index is -3.77. The molecule has 0 saturated carbocycles. The first-order valence-electron chi connectivity index (χ1n) is 12.3. The molecule has 1 unspecified atom stereocenters. The molecule has 10 heteroatoms. The van der Waals surface area contributed by atoms with E-state index in [2.05, 4.69) is 38.2 Å². The molecular formula is C28H32BrN3O4S2. The summed E-state index contributed by atoms with van der Waals surface area (Å²) in [4.78, 5) is 13.1. The van der Waals surface area contributed by atoms with E-state index in [0.717, 1.165) is 34.9 Å². The fourth-order valence-electron chi connectivity index (χ4n) is 3.62. The van der Waals surface area contributed by atoms with E-state index in [9.17, 15) is 13.2 Å². The highest BCUT2D eigenvalue weighted by molar-refractivity contribution is 9.10. The number of nitrogens with one attached hydrogen (secondary N) is 3. The van der Waals surface area contributed by atoms with E-state index < -0.39 is 15.9 Å². The Balaban J connectivity index is 1.64. The van der Waals surface area contributed by atoms with Crippen LogP contribution in [-0.2, 0) is 10.0 Å². The molecule has 38 heavy (non-hydrogen) atoms. The molecular weight excluding hydrogens is 586 g/mol. The maximum Gasteiger partial charge on any atom is 0.261 e. The summed E-state index contributed by atoms with van der Waals surface area (Å²) in [6.07, 6.45) is 2.96. The maximum absolute atomic E-state index is 13.0. The number of amides is 1. The topological polar surface area (TPSA) is 96.5 Å². The van der Waals surface area contributed by atoms with Crippen LogP contribution in [0.3, 0.4) is 0 Å². The third-order valence-electron chi connectivity index (χ3n) is 5.89. The van der Waals surface area contributed by atoms with E-state index in [1.54, 1.807) is 36.4 Å². The number of hydrogen-bond acceptors (Lipinski definition) is 5. The summed E-state index contributed by atoms with van der Waals surface area (Å²) in [5, 5.41) is 5.66. The highest BCUT2D eigenvalue weighted by atomic mass is 79.9. The fraction of sp³-hybridized carbons (Fsp3) is 0.286. The van der Waals surface area contributed by atoms with Crippen molar-refractivity contribution < 1.29 is 17.9 Å². The van der Waals surface area contributed by atoms with Gasteiger partial charge in [-0.2, -0.15) is 0 Å². The first-order chi connectivity index (χ1) is 18.0. The molecule has 0 saturated heterocycles. The van der Waals surface area contributed by atoms with Crippen LogP contribution < -0.4 is 20.1 Å². The lowest BCUT2D eigenvalue weighted by Gasteiger charge is -2.18. The van der Waals surface area contributed by atoms with Crippen LogP contribution in [0.15, 0.2) is 70.0 Å². The average molecular weight is 619 g/mol. The summed E-state index contributed by atoms with van der Waals surface area (Å²) < 4.78 is 34.9. The van der Waals surface area contributed by atoms with Crippen LogP contribution in [0.5, 0.6) is 5.75 Å². The van der Waals surface area contributed by atoms with Crippen molar-refractivity contribution in [2.24, 2.45) is 0 Å². The molecule has 1 amide bonds. The van der Waals surface area contributed by atoms with Crippen LogP contribution in [0, 0.1) is 13.8 Å². The van der Waals surface area contributed by atoms with Crippen LogP contribution in [0.1, 0.15) is 54.6 Å². The summed E-state index contributed by atoms with van der Waals surface area (Å²) in [6, 6.07) is 16.7. The average Bonchev–Trinajstić information content (AvgIpc) is 2.86. The summed E-state index contributed by atoms with van der Waals surface area (Å²) in [5.41, 5.74) is 3.45. The molecule has 202 valence electrons. The Bertz CT molecular complexity index is 1410. The maximum atomic E-state index is 13.0. The number of anilines is 2. The molecule has 0 aromatic heterocycles. The van der Waals surface area contributed by atoms with Crippen molar-refractivity contribution in [2.45, 2.75) is 58.0 Å². The van der Waals surface area contributed by atoms with Gasteiger partial charge < -0.3 is 10.1 Å². The molecule has 3 aromatic rings. The first-order valence-corrected chi connectivity index (χ1v) is 15.0. The van der Waals surface area contributed by atoms with Gasteiger partial charge in [0.25, 0.3) is 15.9 Å². The second kappa shape index (κ2) is 13.2. The van der Waals surface area contributed by atoms with Crippen molar-refractivity contribution in [3.8, 4) is 5.75 Å². The molecule has 0 bridgehead atoms. The number of halogens is 1. The lowest BCUT2D eigenvalue weighted by molar-refractivity contribution is 0.0970. The fourth-order valence-corrected chi connectivity index (χ4v) is 5.24. The zero-order chi connectivity index (χ0) is 27.9. The predicted octanol–water partition coefficient (Wildman–Crippen LogP) is 6.95. The molecule has 0 spiro atoms. The lowest BCUT2D eigenvalue weighted by atomic mass is 10.1. The SMILES string of the molecule is CCCCC(C)Oc1ccc(Br)cc1C(=O)NC(=S)Nc1ccc(S(=O)(=O)Nc2ccc(C)c(C)c2)cc1. The molecule has 7 nitrogen and oxygen atoms in total. The third-order valence-corrected chi connectivity index (χ3v) is 7.98. The van der Waals surface area contributed by atoms with Gasteiger partial charge >= 0.3 is 0 Å². The summed E-state index contributed by atoms with van der Waals surface area (Å²) in [7, 11) is -3.77. The van der Waals surface area contributed by atoms with Crippen molar-refractivity contribution in [3.05, 3.63) is 81.8 Å². The first kappa shape index (κ1) is 29.6. The monoisotopic (exact) mass is 617 g/mol. The number of thiocarbonyl (C=S) groups is 1. The van der Waals surface area contributed by atoms with Gasteiger partial charge in [-0.3, -0.25) is 14.8 Å². The Kier molecular flexibility index (Phi) is 10.3. The number of sulfonamides is 1. The van der Waals surface area contributed by atoms with Gasteiger partial charge in [0.1, 0.15) is 5.75 Å². The van der Waals surface area contributed by atoms with Gasteiger partial charge in [-0.15, -0.1) is 0 Å². The van der Waals surface area contributed by atoms with Crippen molar-refractivity contribution in [1.82, 2.24) is 5.32 Å². The number of rotatable bonds is 10.